The first kappa shape index (κ1) is 14.0. The number of urea groups is 1. The minimum Gasteiger partial charge on any atom is -0.492 e. The van der Waals surface area contributed by atoms with E-state index in [1.165, 1.54) is 0 Å². The summed E-state index contributed by atoms with van der Waals surface area (Å²) in [6, 6.07) is 5.17. The number of halogens is 1. The van der Waals surface area contributed by atoms with Crippen molar-refractivity contribution in [1.82, 2.24) is 10.6 Å². The molecular weight excluding hydrogens is 268 g/mol. The van der Waals surface area contributed by atoms with Crippen molar-refractivity contribution in [2.75, 3.05) is 19.8 Å². The summed E-state index contributed by atoms with van der Waals surface area (Å²) in [6.45, 7) is 1.04. The van der Waals surface area contributed by atoms with Crippen molar-refractivity contribution >= 4 is 17.6 Å². The minimum absolute atomic E-state index is 0.0655. The van der Waals surface area contributed by atoms with E-state index in [-0.39, 0.29) is 18.7 Å². The number of benzene rings is 1. The Morgan fingerprint density at radius 3 is 3.16 bits per heavy atom. The van der Waals surface area contributed by atoms with E-state index in [2.05, 4.69) is 10.6 Å². The molecule has 1 aliphatic rings. The molecule has 3 N–H and O–H groups in total. The van der Waals surface area contributed by atoms with Crippen molar-refractivity contribution in [3.8, 4) is 5.75 Å². The van der Waals surface area contributed by atoms with Gasteiger partial charge in [0, 0.05) is 25.1 Å². The van der Waals surface area contributed by atoms with Crippen molar-refractivity contribution in [2.24, 2.45) is 0 Å². The average Bonchev–Trinajstić information content (AvgIpc) is 2.40. The average molecular weight is 285 g/mol. The van der Waals surface area contributed by atoms with Gasteiger partial charge in [-0.05, 0) is 12.5 Å². The fraction of sp³-hybridized carbons (Fsp3) is 0.462. The predicted molar refractivity (Wildman–Crippen MR) is 72.5 cm³/mol. The van der Waals surface area contributed by atoms with Crippen LogP contribution in [0.1, 0.15) is 24.4 Å². The lowest BCUT2D eigenvalue weighted by Gasteiger charge is -2.27. The van der Waals surface area contributed by atoms with Crippen LogP contribution in [0.15, 0.2) is 18.2 Å². The van der Waals surface area contributed by atoms with Gasteiger partial charge in [-0.2, -0.15) is 0 Å². The van der Waals surface area contributed by atoms with Gasteiger partial charge in [-0.25, -0.2) is 4.79 Å². The van der Waals surface area contributed by atoms with Crippen molar-refractivity contribution in [3.05, 3.63) is 28.8 Å². The van der Waals surface area contributed by atoms with Crippen molar-refractivity contribution in [2.45, 2.75) is 18.9 Å². The highest BCUT2D eigenvalue weighted by Gasteiger charge is 2.24. The van der Waals surface area contributed by atoms with Crippen molar-refractivity contribution in [1.29, 1.82) is 0 Å². The number of hydrogen-bond acceptors (Lipinski definition) is 3. The van der Waals surface area contributed by atoms with Gasteiger partial charge in [0.15, 0.2) is 0 Å². The zero-order chi connectivity index (χ0) is 13.7. The summed E-state index contributed by atoms with van der Waals surface area (Å²) in [5, 5.41) is 14.8. The second kappa shape index (κ2) is 6.63. The van der Waals surface area contributed by atoms with Gasteiger partial charge in [0.1, 0.15) is 5.75 Å². The van der Waals surface area contributed by atoms with Crippen LogP contribution in [0.2, 0.25) is 5.02 Å². The van der Waals surface area contributed by atoms with Gasteiger partial charge in [-0.1, -0.05) is 23.7 Å². The predicted octanol–water partition coefficient (Wildman–Crippen LogP) is 1.85. The molecular formula is C13H17ClN2O3. The fourth-order valence-corrected chi connectivity index (χ4v) is 2.26. The van der Waals surface area contributed by atoms with Crippen LogP contribution in [0, 0.1) is 0 Å². The lowest BCUT2D eigenvalue weighted by Crippen LogP contribution is -2.40. The normalized spacial score (nSPS) is 17.3. The highest BCUT2D eigenvalue weighted by molar-refractivity contribution is 6.32. The maximum atomic E-state index is 11.7. The van der Waals surface area contributed by atoms with E-state index in [4.69, 9.17) is 21.4 Å². The third-order valence-electron chi connectivity index (χ3n) is 2.95. The first-order valence-corrected chi connectivity index (χ1v) is 6.66. The zero-order valence-corrected chi connectivity index (χ0v) is 11.2. The van der Waals surface area contributed by atoms with Gasteiger partial charge >= 0.3 is 6.03 Å². The Morgan fingerprint density at radius 1 is 1.53 bits per heavy atom. The molecule has 0 aromatic heterocycles. The number of fused-ring (bicyclic) bond motifs is 1. The van der Waals surface area contributed by atoms with Crippen molar-refractivity contribution < 1.29 is 14.6 Å². The second-order valence-corrected chi connectivity index (χ2v) is 4.73. The molecule has 0 saturated carbocycles. The molecule has 2 rings (SSSR count). The number of carbonyl (C=O) groups excluding carboxylic acids is 1. The minimum atomic E-state index is -0.244. The van der Waals surface area contributed by atoms with E-state index < -0.39 is 0 Å². The van der Waals surface area contributed by atoms with E-state index in [0.29, 0.717) is 36.8 Å². The third-order valence-corrected chi connectivity index (χ3v) is 3.25. The van der Waals surface area contributed by atoms with Gasteiger partial charge in [0.25, 0.3) is 0 Å². The molecule has 104 valence electrons. The number of amides is 2. The Balaban J connectivity index is 1.99. The monoisotopic (exact) mass is 284 g/mol. The van der Waals surface area contributed by atoms with Crippen LogP contribution >= 0.6 is 11.6 Å². The topological polar surface area (TPSA) is 70.6 Å². The molecule has 0 fully saturated rings. The van der Waals surface area contributed by atoms with E-state index in [1.807, 2.05) is 12.1 Å². The molecule has 0 spiro atoms. The SMILES string of the molecule is O=C(NCCCO)NC1CCOc2c(Cl)cccc21. The molecule has 2 amide bonds. The maximum Gasteiger partial charge on any atom is 0.315 e. The molecule has 0 aliphatic carbocycles. The van der Waals surface area contributed by atoms with E-state index in [0.717, 1.165) is 5.56 Å². The van der Waals surface area contributed by atoms with Gasteiger partial charge in [-0.15, -0.1) is 0 Å². The second-order valence-electron chi connectivity index (χ2n) is 4.33. The van der Waals surface area contributed by atoms with Crippen LogP contribution in [-0.2, 0) is 0 Å². The number of ether oxygens (including phenoxy) is 1. The number of rotatable bonds is 4. The Bertz CT molecular complexity index is 454. The summed E-state index contributed by atoms with van der Waals surface area (Å²) >= 11 is 6.07. The van der Waals surface area contributed by atoms with Gasteiger partial charge in [-0.3, -0.25) is 0 Å². The summed E-state index contributed by atoms with van der Waals surface area (Å²) in [5.74, 6) is 0.649. The Labute approximate surface area is 116 Å². The number of carbonyl (C=O) groups is 1. The number of nitrogens with one attached hydrogen (secondary N) is 2. The van der Waals surface area contributed by atoms with Crippen molar-refractivity contribution in [3.63, 3.8) is 0 Å². The molecule has 6 heteroatoms. The number of aliphatic hydroxyl groups excluding tert-OH is 1. The summed E-state index contributed by atoms with van der Waals surface area (Å²) < 4.78 is 5.53. The standard InChI is InChI=1S/C13H17ClN2O3/c14-10-4-1-3-9-11(5-8-19-12(9)10)16-13(18)15-6-2-7-17/h1,3-4,11,17H,2,5-8H2,(H2,15,16,18). The van der Waals surface area contributed by atoms with Gasteiger partial charge in [0.2, 0.25) is 0 Å². The van der Waals surface area contributed by atoms with Gasteiger partial charge in [0.05, 0.1) is 17.7 Å². The Hall–Kier alpha value is -1.46. The third kappa shape index (κ3) is 3.52. The Morgan fingerprint density at radius 2 is 2.37 bits per heavy atom. The summed E-state index contributed by atoms with van der Waals surface area (Å²) in [4.78, 5) is 11.7. The van der Waals surface area contributed by atoms with Crippen LogP contribution in [0.5, 0.6) is 5.75 Å². The first-order valence-electron chi connectivity index (χ1n) is 6.29. The van der Waals surface area contributed by atoms with E-state index >= 15 is 0 Å². The lowest BCUT2D eigenvalue weighted by atomic mass is 10.0. The summed E-state index contributed by atoms with van der Waals surface area (Å²) in [7, 11) is 0. The highest BCUT2D eigenvalue weighted by Crippen LogP contribution is 2.37. The molecule has 1 aromatic rings. The van der Waals surface area contributed by atoms with Crippen LogP contribution in [0.4, 0.5) is 4.79 Å². The smallest absolute Gasteiger partial charge is 0.315 e. The first-order chi connectivity index (χ1) is 9.22. The molecule has 0 saturated heterocycles. The number of para-hydroxylation sites is 1. The molecule has 0 bridgehead atoms. The molecule has 0 radical (unpaired) electrons. The van der Waals surface area contributed by atoms with Gasteiger partial charge < -0.3 is 20.5 Å². The lowest BCUT2D eigenvalue weighted by molar-refractivity contribution is 0.222. The summed E-state index contributed by atoms with van der Waals surface area (Å²) in [5.41, 5.74) is 0.899. The van der Waals surface area contributed by atoms with Crippen LogP contribution < -0.4 is 15.4 Å². The molecule has 1 aromatic carbocycles. The number of hydrogen-bond donors (Lipinski definition) is 3. The van der Waals surface area contributed by atoms with E-state index in [9.17, 15) is 4.79 Å². The zero-order valence-electron chi connectivity index (χ0n) is 10.5. The number of aliphatic hydroxyl groups is 1. The maximum absolute atomic E-state index is 11.7. The molecule has 1 unspecified atom stereocenters. The quantitative estimate of drug-likeness (QED) is 0.739. The fourth-order valence-electron chi connectivity index (χ4n) is 2.03. The molecule has 5 nitrogen and oxygen atoms in total. The summed E-state index contributed by atoms with van der Waals surface area (Å²) in [6.07, 6.45) is 1.25. The van der Waals surface area contributed by atoms with Crippen LogP contribution in [0.25, 0.3) is 0 Å². The highest BCUT2D eigenvalue weighted by atomic mass is 35.5. The molecule has 19 heavy (non-hydrogen) atoms. The Kier molecular flexibility index (Phi) is 4.87. The van der Waals surface area contributed by atoms with Crippen LogP contribution in [-0.4, -0.2) is 30.9 Å². The van der Waals surface area contributed by atoms with Crippen LogP contribution in [0.3, 0.4) is 0 Å². The molecule has 1 heterocycles. The van der Waals surface area contributed by atoms with E-state index in [1.54, 1.807) is 6.07 Å². The molecule has 1 atom stereocenters. The molecule has 1 aliphatic heterocycles. The largest absolute Gasteiger partial charge is 0.492 e.